The van der Waals surface area contributed by atoms with Crippen molar-refractivity contribution in [2.45, 2.75) is 13.0 Å². The highest BCUT2D eigenvalue weighted by Crippen LogP contribution is 2.24. The highest BCUT2D eigenvalue weighted by molar-refractivity contribution is 5.35. The van der Waals surface area contributed by atoms with Gasteiger partial charge in [-0.15, -0.1) is 0 Å². The van der Waals surface area contributed by atoms with Crippen molar-refractivity contribution in [3.8, 4) is 5.75 Å². The van der Waals surface area contributed by atoms with E-state index in [1.54, 1.807) is 18.2 Å². The summed E-state index contributed by atoms with van der Waals surface area (Å²) in [6.45, 7) is 7.59. The normalized spacial score (nSPS) is 17.0. The molecular weight excluding hydrogens is 330 g/mol. The number of nitro groups is 1. The first-order chi connectivity index (χ1) is 12.6. The Kier molecular flexibility index (Phi) is 6.20. The van der Waals surface area contributed by atoms with E-state index in [-0.39, 0.29) is 16.7 Å². The molecule has 0 saturated carbocycles. The van der Waals surface area contributed by atoms with Crippen molar-refractivity contribution >= 4 is 5.69 Å². The van der Waals surface area contributed by atoms with E-state index in [4.69, 9.17) is 4.74 Å². The van der Waals surface area contributed by atoms with Crippen LogP contribution < -0.4 is 4.74 Å². The smallest absolute Gasteiger partial charge is 0.269 e. The lowest BCUT2D eigenvalue weighted by molar-refractivity contribution is -0.385. The van der Waals surface area contributed by atoms with Gasteiger partial charge in [-0.1, -0.05) is 30.3 Å². The van der Waals surface area contributed by atoms with Crippen molar-refractivity contribution in [3.63, 3.8) is 0 Å². The zero-order valence-electron chi connectivity index (χ0n) is 15.1. The molecular formula is C20H25N3O3. The van der Waals surface area contributed by atoms with Gasteiger partial charge in [0.2, 0.25) is 0 Å². The molecule has 6 heteroatoms. The van der Waals surface area contributed by atoms with E-state index in [0.717, 1.165) is 44.0 Å². The van der Waals surface area contributed by atoms with Gasteiger partial charge < -0.3 is 4.74 Å². The summed E-state index contributed by atoms with van der Waals surface area (Å²) in [6.07, 6.45) is 0. The second kappa shape index (κ2) is 8.78. The highest BCUT2D eigenvalue weighted by atomic mass is 16.6. The molecule has 2 aromatic carbocycles. The molecule has 1 unspecified atom stereocenters. The maximum atomic E-state index is 11.0. The van der Waals surface area contributed by atoms with E-state index >= 15 is 0 Å². The molecule has 26 heavy (non-hydrogen) atoms. The minimum atomic E-state index is -0.332. The molecule has 1 aliphatic rings. The van der Waals surface area contributed by atoms with Crippen molar-refractivity contribution < 1.29 is 9.66 Å². The number of nitro benzene ring substituents is 1. The van der Waals surface area contributed by atoms with E-state index < -0.39 is 0 Å². The van der Waals surface area contributed by atoms with Crippen LogP contribution in [0.15, 0.2) is 54.6 Å². The number of benzene rings is 2. The summed E-state index contributed by atoms with van der Waals surface area (Å²) >= 11 is 0. The maximum Gasteiger partial charge on any atom is 0.269 e. The van der Waals surface area contributed by atoms with Crippen LogP contribution >= 0.6 is 0 Å². The first kappa shape index (κ1) is 18.4. The molecule has 1 heterocycles. The zero-order valence-corrected chi connectivity index (χ0v) is 15.1. The number of para-hydroxylation sites is 1. The topological polar surface area (TPSA) is 58.9 Å². The van der Waals surface area contributed by atoms with Gasteiger partial charge in [0, 0.05) is 50.9 Å². The van der Waals surface area contributed by atoms with E-state index in [2.05, 4.69) is 16.7 Å². The van der Waals surface area contributed by atoms with Crippen LogP contribution in [0, 0.1) is 10.1 Å². The van der Waals surface area contributed by atoms with Gasteiger partial charge in [-0.25, -0.2) is 0 Å². The molecule has 1 fully saturated rings. The van der Waals surface area contributed by atoms with Crippen LogP contribution in [0.3, 0.4) is 0 Å². The monoisotopic (exact) mass is 355 g/mol. The summed E-state index contributed by atoms with van der Waals surface area (Å²) in [5.74, 6) is 0.908. The second-order valence-electron chi connectivity index (χ2n) is 6.57. The molecule has 0 aromatic heterocycles. The Morgan fingerprint density at radius 1 is 1.08 bits per heavy atom. The summed E-state index contributed by atoms with van der Waals surface area (Å²) in [6, 6.07) is 17.0. The first-order valence-corrected chi connectivity index (χ1v) is 9.02. The molecule has 0 radical (unpaired) electrons. The van der Waals surface area contributed by atoms with Crippen LogP contribution in [-0.2, 0) is 0 Å². The third-order valence-electron chi connectivity index (χ3n) is 4.94. The van der Waals surface area contributed by atoms with Crippen LogP contribution in [0.25, 0.3) is 0 Å². The average Bonchev–Trinajstić information content (AvgIpc) is 2.69. The minimum absolute atomic E-state index is 0.158. The molecule has 0 aliphatic carbocycles. The van der Waals surface area contributed by atoms with E-state index in [9.17, 15) is 10.1 Å². The zero-order chi connectivity index (χ0) is 18.4. The lowest BCUT2D eigenvalue weighted by Gasteiger charge is -2.38. The number of hydrogen-bond donors (Lipinski definition) is 0. The molecule has 3 rings (SSSR count). The van der Waals surface area contributed by atoms with Gasteiger partial charge in [0.25, 0.3) is 5.69 Å². The molecule has 0 N–H and O–H groups in total. The Hall–Kier alpha value is -2.44. The third-order valence-corrected chi connectivity index (χ3v) is 4.94. The van der Waals surface area contributed by atoms with Crippen LogP contribution in [0.5, 0.6) is 5.75 Å². The summed E-state index contributed by atoms with van der Waals surface area (Å²) < 4.78 is 5.77. The van der Waals surface area contributed by atoms with Gasteiger partial charge >= 0.3 is 0 Å². The van der Waals surface area contributed by atoms with E-state index in [1.807, 2.05) is 36.4 Å². The molecule has 1 saturated heterocycles. The fraction of sp³-hybridized carbons (Fsp3) is 0.400. The molecule has 1 aliphatic heterocycles. The van der Waals surface area contributed by atoms with Crippen LogP contribution in [0.2, 0.25) is 0 Å². The number of piperazine rings is 1. The number of non-ortho nitro benzene ring substituents is 1. The fourth-order valence-electron chi connectivity index (χ4n) is 3.29. The summed E-state index contributed by atoms with van der Waals surface area (Å²) in [5.41, 5.74) is 1.16. The minimum Gasteiger partial charge on any atom is -0.492 e. The standard InChI is InChI=1S/C20H25N3O3/c1-17(18-6-5-7-19(16-18)23(24)25)22-12-10-21(11-13-22)14-15-26-20-8-3-2-4-9-20/h2-9,16-17H,10-15H2,1H3. The van der Waals surface area contributed by atoms with Gasteiger partial charge in [-0.3, -0.25) is 19.9 Å². The number of nitrogens with zero attached hydrogens (tertiary/aromatic N) is 3. The van der Waals surface area contributed by atoms with Gasteiger partial charge in [-0.2, -0.15) is 0 Å². The lowest BCUT2D eigenvalue weighted by Crippen LogP contribution is -2.48. The van der Waals surface area contributed by atoms with E-state index in [1.165, 1.54) is 0 Å². The third kappa shape index (κ3) is 4.80. The Labute approximate surface area is 154 Å². The van der Waals surface area contributed by atoms with Crippen molar-refractivity contribution in [1.29, 1.82) is 0 Å². The molecule has 2 aromatic rings. The quantitative estimate of drug-likeness (QED) is 0.563. The average molecular weight is 355 g/mol. The van der Waals surface area contributed by atoms with Gasteiger partial charge in [0.15, 0.2) is 0 Å². The number of rotatable bonds is 7. The van der Waals surface area contributed by atoms with Crippen molar-refractivity contribution in [1.82, 2.24) is 9.80 Å². The summed E-state index contributed by atoms with van der Waals surface area (Å²) in [4.78, 5) is 15.4. The van der Waals surface area contributed by atoms with Crippen LogP contribution in [0.1, 0.15) is 18.5 Å². The fourth-order valence-corrected chi connectivity index (χ4v) is 3.29. The van der Waals surface area contributed by atoms with Gasteiger partial charge in [0.1, 0.15) is 12.4 Å². The molecule has 0 bridgehead atoms. The SMILES string of the molecule is CC(c1cccc([N+](=O)[O-])c1)N1CCN(CCOc2ccccc2)CC1. The van der Waals surface area contributed by atoms with Crippen LogP contribution in [0.4, 0.5) is 5.69 Å². The summed E-state index contributed by atoms with van der Waals surface area (Å²) in [5, 5.41) is 11.0. The lowest BCUT2D eigenvalue weighted by atomic mass is 10.1. The second-order valence-corrected chi connectivity index (χ2v) is 6.57. The predicted molar refractivity (Wildman–Crippen MR) is 101 cm³/mol. The molecule has 0 spiro atoms. The van der Waals surface area contributed by atoms with Gasteiger partial charge in [-0.05, 0) is 24.6 Å². The van der Waals surface area contributed by atoms with Crippen molar-refractivity contribution in [3.05, 3.63) is 70.3 Å². The van der Waals surface area contributed by atoms with Gasteiger partial charge in [0.05, 0.1) is 4.92 Å². The number of hydrogen-bond acceptors (Lipinski definition) is 5. The molecule has 6 nitrogen and oxygen atoms in total. The van der Waals surface area contributed by atoms with Crippen molar-refractivity contribution in [2.24, 2.45) is 0 Å². The molecule has 1 atom stereocenters. The Morgan fingerprint density at radius 3 is 2.50 bits per heavy atom. The Balaban J connectivity index is 1.45. The number of ether oxygens (including phenoxy) is 1. The predicted octanol–water partition coefficient (Wildman–Crippen LogP) is 3.35. The Morgan fingerprint density at radius 2 is 1.81 bits per heavy atom. The first-order valence-electron chi connectivity index (χ1n) is 9.02. The maximum absolute atomic E-state index is 11.0. The summed E-state index contributed by atoms with van der Waals surface area (Å²) in [7, 11) is 0. The molecule has 138 valence electrons. The molecule has 0 amide bonds. The largest absolute Gasteiger partial charge is 0.492 e. The van der Waals surface area contributed by atoms with Crippen molar-refractivity contribution in [2.75, 3.05) is 39.3 Å². The highest BCUT2D eigenvalue weighted by Gasteiger charge is 2.22. The Bertz CT molecular complexity index is 715. The van der Waals surface area contributed by atoms with E-state index in [0.29, 0.717) is 6.61 Å². The van der Waals surface area contributed by atoms with Crippen LogP contribution in [-0.4, -0.2) is 54.1 Å².